The molecule has 0 saturated heterocycles. The highest BCUT2D eigenvalue weighted by atomic mass is 127. The van der Waals surface area contributed by atoms with E-state index >= 15 is 0 Å². The number of halogens is 1. The summed E-state index contributed by atoms with van der Waals surface area (Å²) < 4.78 is 1.14. The second kappa shape index (κ2) is 7.30. The summed E-state index contributed by atoms with van der Waals surface area (Å²) in [6.45, 7) is 1.88. The zero-order valence-electron chi connectivity index (χ0n) is 10.8. The molecule has 0 aliphatic heterocycles. The molecule has 2 aromatic rings. The first-order chi connectivity index (χ1) is 9.65. The van der Waals surface area contributed by atoms with Crippen molar-refractivity contribution in [3.05, 3.63) is 57.9 Å². The number of nitrogens with zero attached hydrogens (tertiary/aromatic N) is 2. The number of pyridine rings is 1. The topological polar surface area (TPSA) is 49.3 Å². The molecule has 1 aromatic carbocycles. The van der Waals surface area contributed by atoms with Gasteiger partial charge in [0, 0.05) is 15.5 Å². The number of nitrogens with one attached hydrogen (secondary N) is 2. The highest BCUT2D eigenvalue weighted by Crippen LogP contribution is 2.12. The predicted octanol–water partition coefficient (Wildman–Crippen LogP) is 3.40. The molecule has 4 nitrogen and oxygen atoms in total. The van der Waals surface area contributed by atoms with Crippen LogP contribution in [0, 0.1) is 3.57 Å². The molecule has 0 saturated carbocycles. The Hall–Kier alpha value is -1.54. The van der Waals surface area contributed by atoms with Crippen molar-refractivity contribution in [3.8, 4) is 0 Å². The van der Waals surface area contributed by atoms with E-state index in [0.717, 1.165) is 20.7 Å². The van der Waals surface area contributed by atoms with Crippen molar-refractivity contribution in [2.45, 2.75) is 6.92 Å². The van der Waals surface area contributed by atoms with Gasteiger partial charge in [-0.1, -0.05) is 12.1 Å². The van der Waals surface area contributed by atoms with Crippen LogP contribution in [0.15, 0.2) is 53.8 Å². The van der Waals surface area contributed by atoms with Crippen LogP contribution in [0.2, 0.25) is 0 Å². The summed E-state index contributed by atoms with van der Waals surface area (Å²) in [7, 11) is 0. The maximum atomic E-state index is 5.20. The van der Waals surface area contributed by atoms with Crippen LogP contribution in [0.5, 0.6) is 0 Å². The second-order valence-electron chi connectivity index (χ2n) is 3.99. The van der Waals surface area contributed by atoms with Gasteiger partial charge in [-0.2, -0.15) is 5.10 Å². The van der Waals surface area contributed by atoms with Crippen LogP contribution in [0.3, 0.4) is 0 Å². The van der Waals surface area contributed by atoms with Gasteiger partial charge in [-0.25, -0.2) is 0 Å². The van der Waals surface area contributed by atoms with E-state index in [1.807, 2.05) is 49.4 Å². The molecule has 102 valence electrons. The maximum absolute atomic E-state index is 5.20. The number of rotatable bonds is 3. The third-order valence-electron chi connectivity index (χ3n) is 2.44. The molecule has 0 aliphatic rings. The van der Waals surface area contributed by atoms with Gasteiger partial charge in [-0.3, -0.25) is 10.4 Å². The van der Waals surface area contributed by atoms with Crippen molar-refractivity contribution in [2.75, 3.05) is 5.32 Å². The summed E-state index contributed by atoms with van der Waals surface area (Å²) >= 11 is 7.45. The lowest BCUT2D eigenvalue weighted by atomic mass is 10.3. The zero-order chi connectivity index (χ0) is 14.4. The van der Waals surface area contributed by atoms with Gasteiger partial charge < -0.3 is 5.32 Å². The van der Waals surface area contributed by atoms with Crippen LogP contribution in [0.25, 0.3) is 0 Å². The van der Waals surface area contributed by atoms with Crippen LogP contribution < -0.4 is 10.7 Å². The van der Waals surface area contributed by atoms with Crippen LogP contribution in [-0.2, 0) is 0 Å². The number of hydrogen-bond acceptors (Lipinski definition) is 3. The lowest BCUT2D eigenvalue weighted by molar-refractivity contribution is 1.03. The van der Waals surface area contributed by atoms with Crippen molar-refractivity contribution in [1.29, 1.82) is 0 Å². The summed E-state index contributed by atoms with van der Waals surface area (Å²) in [6, 6.07) is 13.6. The monoisotopic (exact) mass is 396 g/mol. The Labute approximate surface area is 136 Å². The predicted molar refractivity (Wildman–Crippen MR) is 95.0 cm³/mol. The Balaban J connectivity index is 1.95. The van der Waals surface area contributed by atoms with Crippen LogP contribution >= 0.6 is 34.8 Å². The Morgan fingerprint density at radius 2 is 2.10 bits per heavy atom. The van der Waals surface area contributed by atoms with Gasteiger partial charge in [-0.05, 0) is 72.1 Å². The minimum absolute atomic E-state index is 0.447. The molecule has 6 heteroatoms. The molecule has 20 heavy (non-hydrogen) atoms. The Morgan fingerprint density at radius 1 is 1.25 bits per heavy atom. The van der Waals surface area contributed by atoms with E-state index in [2.05, 4.69) is 43.4 Å². The summed E-state index contributed by atoms with van der Waals surface area (Å²) in [4.78, 5) is 4.22. The van der Waals surface area contributed by atoms with Crippen LogP contribution in [-0.4, -0.2) is 15.8 Å². The van der Waals surface area contributed by atoms with Gasteiger partial charge in [0.05, 0.1) is 11.4 Å². The highest BCUT2D eigenvalue weighted by molar-refractivity contribution is 14.1. The zero-order valence-corrected chi connectivity index (χ0v) is 13.8. The van der Waals surface area contributed by atoms with Crippen molar-refractivity contribution < 1.29 is 0 Å². The largest absolute Gasteiger partial charge is 0.331 e. The van der Waals surface area contributed by atoms with Gasteiger partial charge in [0.1, 0.15) is 0 Å². The first-order valence-corrected chi connectivity index (χ1v) is 7.42. The Kier molecular flexibility index (Phi) is 5.42. The molecule has 2 N–H and O–H groups in total. The third-order valence-corrected chi connectivity index (χ3v) is 3.31. The number of aromatic nitrogens is 1. The normalized spacial score (nSPS) is 11.0. The van der Waals surface area contributed by atoms with Gasteiger partial charge >= 0.3 is 0 Å². The third kappa shape index (κ3) is 4.53. The summed E-state index contributed by atoms with van der Waals surface area (Å²) in [5.74, 6) is 0. The molecule has 0 fully saturated rings. The van der Waals surface area contributed by atoms with E-state index in [1.165, 1.54) is 0 Å². The Morgan fingerprint density at radius 3 is 2.80 bits per heavy atom. The molecule has 0 unspecified atom stereocenters. The number of hydrogen-bond donors (Lipinski definition) is 2. The van der Waals surface area contributed by atoms with Crippen molar-refractivity contribution in [2.24, 2.45) is 5.10 Å². The van der Waals surface area contributed by atoms with E-state index in [0.29, 0.717) is 5.11 Å². The van der Waals surface area contributed by atoms with Crippen LogP contribution in [0.1, 0.15) is 12.6 Å². The van der Waals surface area contributed by atoms with E-state index in [-0.39, 0.29) is 0 Å². The molecule has 1 heterocycles. The number of thiocarbonyl (C=S) groups is 1. The minimum Gasteiger partial charge on any atom is -0.331 e. The fraction of sp³-hybridized carbons (Fsp3) is 0.0714. The molecule has 0 amide bonds. The molecular formula is C14H13IN4S. The van der Waals surface area contributed by atoms with E-state index < -0.39 is 0 Å². The smallest absolute Gasteiger partial charge is 0.191 e. The number of hydrazone groups is 1. The number of benzene rings is 1. The van der Waals surface area contributed by atoms with Gasteiger partial charge in [-0.15, -0.1) is 0 Å². The lowest BCUT2D eigenvalue weighted by Crippen LogP contribution is -2.25. The average molecular weight is 396 g/mol. The summed E-state index contributed by atoms with van der Waals surface area (Å²) in [5, 5.41) is 7.74. The molecule has 1 aromatic heterocycles. The fourth-order valence-electron chi connectivity index (χ4n) is 1.49. The van der Waals surface area contributed by atoms with Crippen LogP contribution in [0.4, 0.5) is 5.69 Å². The average Bonchev–Trinajstić information content (AvgIpc) is 2.46. The number of anilines is 1. The van der Waals surface area contributed by atoms with Gasteiger partial charge in [0.25, 0.3) is 0 Å². The standard InChI is InChI=1S/C14H13IN4S/c1-10(13-7-2-3-8-16-13)18-19-14(20)17-12-6-4-5-11(15)9-12/h2-9H,1H3,(H2,17,19,20)/b18-10-. The van der Waals surface area contributed by atoms with E-state index in [1.54, 1.807) is 6.20 Å². The summed E-state index contributed by atoms with van der Waals surface area (Å²) in [5.41, 5.74) is 5.34. The Bertz CT molecular complexity index is 628. The first kappa shape index (κ1) is 14.9. The van der Waals surface area contributed by atoms with Crippen molar-refractivity contribution >= 4 is 51.3 Å². The van der Waals surface area contributed by atoms with Crippen molar-refractivity contribution in [1.82, 2.24) is 10.4 Å². The molecule has 0 spiro atoms. The highest BCUT2D eigenvalue weighted by Gasteiger charge is 1.99. The minimum atomic E-state index is 0.447. The molecule has 2 rings (SSSR count). The van der Waals surface area contributed by atoms with Gasteiger partial charge in [0.2, 0.25) is 0 Å². The molecular weight excluding hydrogens is 383 g/mol. The summed E-state index contributed by atoms with van der Waals surface area (Å²) in [6.07, 6.45) is 1.73. The molecule has 0 aliphatic carbocycles. The van der Waals surface area contributed by atoms with Gasteiger partial charge in [0.15, 0.2) is 5.11 Å². The lowest BCUT2D eigenvalue weighted by Gasteiger charge is -2.08. The quantitative estimate of drug-likeness (QED) is 0.362. The van der Waals surface area contributed by atoms with Crippen molar-refractivity contribution in [3.63, 3.8) is 0 Å². The molecule has 0 atom stereocenters. The SMILES string of the molecule is C/C(=N/NC(=S)Nc1cccc(I)c1)c1ccccn1. The first-order valence-electron chi connectivity index (χ1n) is 5.93. The maximum Gasteiger partial charge on any atom is 0.191 e. The fourth-order valence-corrected chi connectivity index (χ4v) is 2.20. The van der Waals surface area contributed by atoms with E-state index in [9.17, 15) is 0 Å². The molecule has 0 bridgehead atoms. The van der Waals surface area contributed by atoms with E-state index in [4.69, 9.17) is 12.2 Å². The molecule has 0 radical (unpaired) electrons. The second-order valence-corrected chi connectivity index (χ2v) is 5.64.